The summed E-state index contributed by atoms with van der Waals surface area (Å²) in [5.41, 5.74) is 1.53. The minimum Gasteiger partial charge on any atom is -0.490 e. The highest BCUT2D eigenvalue weighted by Crippen LogP contribution is 2.29. The van der Waals surface area contributed by atoms with Crippen LogP contribution in [0.5, 0.6) is 11.5 Å². The fraction of sp³-hybridized carbons (Fsp3) is 0.350. The standard InChI is InChI=1S/C20H24O4/c1-4-22-19-12-17(20(21)24-13-15(2)3)10-11-18(19)23-14-16-8-6-5-7-9-16/h5-12,15H,4,13-14H2,1-3H3. The van der Waals surface area contributed by atoms with Crippen molar-refractivity contribution in [3.05, 3.63) is 59.7 Å². The van der Waals surface area contributed by atoms with Gasteiger partial charge in [0.2, 0.25) is 0 Å². The van der Waals surface area contributed by atoms with Gasteiger partial charge in [0.05, 0.1) is 18.8 Å². The lowest BCUT2D eigenvalue weighted by molar-refractivity contribution is 0.0458. The number of rotatable bonds is 8. The lowest BCUT2D eigenvalue weighted by Crippen LogP contribution is -2.10. The molecule has 0 saturated carbocycles. The molecule has 0 saturated heterocycles. The Balaban J connectivity index is 2.09. The summed E-state index contributed by atoms with van der Waals surface area (Å²) in [5, 5.41) is 0. The van der Waals surface area contributed by atoms with Crippen LogP contribution in [0.15, 0.2) is 48.5 Å². The third-order valence-corrected chi connectivity index (χ3v) is 3.26. The molecule has 0 spiro atoms. The number of ether oxygens (including phenoxy) is 3. The van der Waals surface area contributed by atoms with Crippen LogP contribution < -0.4 is 9.47 Å². The molecular weight excluding hydrogens is 304 g/mol. The summed E-state index contributed by atoms with van der Waals surface area (Å²) >= 11 is 0. The van der Waals surface area contributed by atoms with E-state index < -0.39 is 0 Å². The van der Waals surface area contributed by atoms with Crippen LogP contribution in [0.1, 0.15) is 36.7 Å². The molecule has 0 bridgehead atoms. The zero-order chi connectivity index (χ0) is 17.4. The number of carbonyl (C=O) groups excluding carboxylic acids is 1. The normalized spacial score (nSPS) is 10.5. The van der Waals surface area contributed by atoms with E-state index in [9.17, 15) is 4.79 Å². The zero-order valence-corrected chi connectivity index (χ0v) is 14.5. The summed E-state index contributed by atoms with van der Waals surface area (Å²) in [6.07, 6.45) is 0. The van der Waals surface area contributed by atoms with E-state index >= 15 is 0 Å². The first-order chi connectivity index (χ1) is 11.6. The van der Waals surface area contributed by atoms with Gasteiger partial charge in [0.25, 0.3) is 0 Å². The third-order valence-electron chi connectivity index (χ3n) is 3.26. The third kappa shape index (κ3) is 5.30. The minimum absolute atomic E-state index is 0.300. The lowest BCUT2D eigenvalue weighted by Gasteiger charge is -2.14. The molecule has 2 aromatic rings. The van der Waals surface area contributed by atoms with Gasteiger partial charge in [-0.1, -0.05) is 44.2 Å². The summed E-state index contributed by atoms with van der Waals surface area (Å²) < 4.78 is 16.7. The van der Waals surface area contributed by atoms with Crippen molar-refractivity contribution in [3.8, 4) is 11.5 Å². The molecule has 4 heteroatoms. The average molecular weight is 328 g/mol. The summed E-state index contributed by atoms with van der Waals surface area (Å²) in [6, 6.07) is 15.0. The Bertz CT molecular complexity index is 650. The van der Waals surface area contributed by atoms with E-state index in [1.807, 2.05) is 51.1 Å². The van der Waals surface area contributed by atoms with E-state index in [4.69, 9.17) is 14.2 Å². The first-order valence-electron chi connectivity index (χ1n) is 8.20. The van der Waals surface area contributed by atoms with Crippen molar-refractivity contribution in [2.75, 3.05) is 13.2 Å². The molecule has 0 amide bonds. The van der Waals surface area contributed by atoms with Gasteiger partial charge in [-0.25, -0.2) is 4.79 Å². The molecular formula is C20H24O4. The molecule has 2 aromatic carbocycles. The van der Waals surface area contributed by atoms with Crippen molar-refractivity contribution < 1.29 is 19.0 Å². The van der Waals surface area contributed by atoms with E-state index in [0.717, 1.165) is 5.56 Å². The highest BCUT2D eigenvalue weighted by molar-refractivity contribution is 5.90. The van der Waals surface area contributed by atoms with Crippen LogP contribution >= 0.6 is 0 Å². The van der Waals surface area contributed by atoms with Gasteiger partial charge in [-0.05, 0) is 36.6 Å². The van der Waals surface area contributed by atoms with Crippen LogP contribution in [0.2, 0.25) is 0 Å². The SMILES string of the molecule is CCOc1cc(C(=O)OCC(C)C)ccc1OCc1ccccc1. The molecule has 4 nitrogen and oxygen atoms in total. The van der Waals surface area contributed by atoms with Gasteiger partial charge in [0.1, 0.15) is 6.61 Å². The Morgan fingerprint density at radius 3 is 2.42 bits per heavy atom. The van der Waals surface area contributed by atoms with Crippen LogP contribution in [0, 0.1) is 5.92 Å². The van der Waals surface area contributed by atoms with Gasteiger partial charge in [0.15, 0.2) is 11.5 Å². The number of hydrogen-bond donors (Lipinski definition) is 0. The van der Waals surface area contributed by atoms with Gasteiger partial charge in [0, 0.05) is 0 Å². The predicted octanol–water partition coefficient (Wildman–Crippen LogP) is 4.48. The first kappa shape index (κ1) is 17.9. The van der Waals surface area contributed by atoms with E-state index in [0.29, 0.717) is 42.8 Å². The quantitative estimate of drug-likeness (QED) is 0.670. The highest BCUT2D eigenvalue weighted by atomic mass is 16.5. The number of esters is 1. The van der Waals surface area contributed by atoms with Crippen molar-refractivity contribution in [1.29, 1.82) is 0 Å². The van der Waals surface area contributed by atoms with Crippen LogP contribution in [0.25, 0.3) is 0 Å². The summed E-state index contributed by atoms with van der Waals surface area (Å²) in [5.74, 6) is 1.11. The Morgan fingerprint density at radius 1 is 1.00 bits per heavy atom. The fourth-order valence-corrected chi connectivity index (χ4v) is 2.08. The van der Waals surface area contributed by atoms with Crippen LogP contribution in [-0.2, 0) is 11.3 Å². The molecule has 0 aliphatic rings. The van der Waals surface area contributed by atoms with Gasteiger partial charge in [-0.2, -0.15) is 0 Å². The second-order valence-corrected chi connectivity index (χ2v) is 5.86. The van der Waals surface area contributed by atoms with E-state index in [-0.39, 0.29) is 5.97 Å². The average Bonchev–Trinajstić information content (AvgIpc) is 2.59. The molecule has 2 rings (SSSR count). The first-order valence-corrected chi connectivity index (χ1v) is 8.20. The van der Waals surface area contributed by atoms with Crippen LogP contribution in [0.4, 0.5) is 0 Å². The van der Waals surface area contributed by atoms with Crippen molar-refractivity contribution in [2.45, 2.75) is 27.4 Å². The number of carbonyl (C=O) groups is 1. The number of benzene rings is 2. The smallest absolute Gasteiger partial charge is 0.338 e. The molecule has 0 atom stereocenters. The summed E-state index contributed by atoms with van der Waals surface area (Å²) in [4.78, 5) is 12.1. The van der Waals surface area contributed by atoms with Crippen molar-refractivity contribution in [1.82, 2.24) is 0 Å². The van der Waals surface area contributed by atoms with E-state index in [1.54, 1.807) is 18.2 Å². The Kier molecular flexibility index (Phi) is 6.67. The molecule has 0 aliphatic carbocycles. The topological polar surface area (TPSA) is 44.8 Å². The molecule has 0 aromatic heterocycles. The van der Waals surface area contributed by atoms with Crippen molar-refractivity contribution in [2.24, 2.45) is 5.92 Å². The molecule has 0 unspecified atom stereocenters. The molecule has 0 heterocycles. The van der Waals surface area contributed by atoms with Gasteiger partial charge in [-0.3, -0.25) is 0 Å². The molecule has 0 aliphatic heterocycles. The maximum Gasteiger partial charge on any atom is 0.338 e. The fourth-order valence-electron chi connectivity index (χ4n) is 2.08. The van der Waals surface area contributed by atoms with Gasteiger partial charge in [-0.15, -0.1) is 0 Å². The maximum atomic E-state index is 12.1. The molecule has 128 valence electrons. The second-order valence-electron chi connectivity index (χ2n) is 5.86. The van der Waals surface area contributed by atoms with Crippen molar-refractivity contribution >= 4 is 5.97 Å². The summed E-state index contributed by atoms with van der Waals surface area (Å²) in [7, 11) is 0. The summed E-state index contributed by atoms with van der Waals surface area (Å²) in [6.45, 7) is 7.23. The van der Waals surface area contributed by atoms with E-state index in [2.05, 4.69) is 0 Å². The molecule has 24 heavy (non-hydrogen) atoms. The Morgan fingerprint density at radius 2 is 1.75 bits per heavy atom. The lowest BCUT2D eigenvalue weighted by atomic mass is 10.2. The van der Waals surface area contributed by atoms with Crippen molar-refractivity contribution in [3.63, 3.8) is 0 Å². The second kappa shape index (κ2) is 8.96. The largest absolute Gasteiger partial charge is 0.490 e. The van der Waals surface area contributed by atoms with Crippen LogP contribution in [-0.4, -0.2) is 19.2 Å². The molecule has 0 N–H and O–H groups in total. The zero-order valence-electron chi connectivity index (χ0n) is 14.5. The highest BCUT2D eigenvalue weighted by Gasteiger charge is 2.13. The predicted molar refractivity (Wildman–Crippen MR) is 93.5 cm³/mol. The number of hydrogen-bond acceptors (Lipinski definition) is 4. The van der Waals surface area contributed by atoms with Gasteiger partial charge < -0.3 is 14.2 Å². The molecule has 0 fully saturated rings. The monoisotopic (exact) mass is 328 g/mol. The van der Waals surface area contributed by atoms with E-state index in [1.165, 1.54) is 0 Å². The molecule has 0 radical (unpaired) electrons. The van der Waals surface area contributed by atoms with Gasteiger partial charge >= 0.3 is 5.97 Å². The van der Waals surface area contributed by atoms with Crippen LogP contribution in [0.3, 0.4) is 0 Å². The Hall–Kier alpha value is -2.49. The Labute approximate surface area is 143 Å². The maximum absolute atomic E-state index is 12.1. The minimum atomic E-state index is -0.348.